The van der Waals surface area contributed by atoms with Crippen molar-refractivity contribution in [1.29, 1.82) is 0 Å². The van der Waals surface area contributed by atoms with Crippen molar-refractivity contribution in [1.82, 2.24) is 0 Å². The Bertz CT molecular complexity index is 695. The van der Waals surface area contributed by atoms with E-state index >= 15 is 0 Å². The monoisotopic (exact) mass is 352 g/mol. The van der Waals surface area contributed by atoms with E-state index in [0.29, 0.717) is 31.2 Å². The normalized spacial score (nSPS) is 12.5. The highest BCUT2D eigenvalue weighted by Crippen LogP contribution is 2.47. The van der Waals surface area contributed by atoms with Gasteiger partial charge in [-0.2, -0.15) is 13.2 Å². The summed E-state index contributed by atoms with van der Waals surface area (Å²) in [4.78, 5) is 0. The van der Waals surface area contributed by atoms with Crippen molar-refractivity contribution in [2.45, 2.75) is 18.5 Å². The zero-order chi connectivity index (χ0) is 18.4. The van der Waals surface area contributed by atoms with Gasteiger partial charge in [-0.05, 0) is 42.3 Å². The molecule has 130 valence electrons. The van der Waals surface area contributed by atoms with Crippen LogP contribution in [-0.4, -0.2) is 6.18 Å². The number of hydrogen-bond acceptors (Lipinski definition) is 2. The van der Waals surface area contributed by atoms with Gasteiger partial charge in [0.25, 0.3) is 0 Å². The van der Waals surface area contributed by atoms with E-state index in [9.17, 15) is 30.7 Å². The second kappa shape index (κ2) is 5.57. The highest BCUT2D eigenvalue weighted by Gasteiger charge is 2.54. The first-order chi connectivity index (χ1) is 10.9. The van der Waals surface area contributed by atoms with E-state index in [1.54, 1.807) is 0 Å². The molecule has 0 aromatic heterocycles. The smallest absolute Gasteiger partial charge is 0.394 e. The summed E-state index contributed by atoms with van der Waals surface area (Å²) in [6.45, 7) is 0.543. The van der Waals surface area contributed by atoms with Gasteiger partial charge in [-0.3, -0.25) is 0 Å². The van der Waals surface area contributed by atoms with E-state index < -0.39 is 57.4 Å². The van der Waals surface area contributed by atoms with Crippen LogP contribution in [0.15, 0.2) is 24.3 Å². The third kappa shape index (κ3) is 2.63. The highest BCUT2D eigenvalue weighted by molar-refractivity contribution is 5.52. The summed E-state index contributed by atoms with van der Waals surface area (Å²) in [5.41, 5.74) is 3.26. The number of hydrogen-bond donors (Lipinski definition) is 2. The molecule has 0 amide bonds. The van der Waals surface area contributed by atoms with Crippen LogP contribution < -0.4 is 11.5 Å². The lowest BCUT2D eigenvalue weighted by atomic mass is 9.75. The fraction of sp³-hybridized carbons (Fsp3) is 0.200. The summed E-state index contributed by atoms with van der Waals surface area (Å²) < 4.78 is 95.3. The molecule has 0 aliphatic carbocycles. The fourth-order valence-electron chi connectivity index (χ4n) is 2.24. The Morgan fingerprint density at radius 1 is 0.667 bits per heavy atom. The fourth-order valence-corrected chi connectivity index (χ4v) is 2.24. The van der Waals surface area contributed by atoms with Crippen LogP contribution in [-0.2, 0) is 5.41 Å². The van der Waals surface area contributed by atoms with Crippen molar-refractivity contribution in [2.75, 3.05) is 11.5 Å². The number of benzene rings is 2. The molecule has 0 spiro atoms. The van der Waals surface area contributed by atoms with Gasteiger partial charge < -0.3 is 11.5 Å². The van der Waals surface area contributed by atoms with Gasteiger partial charge in [0, 0.05) is 0 Å². The minimum absolute atomic E-state index is 0.373. The molecular formula is C15H11F7N2. The Kier molecular flexibility index (Phi) is 4.15. The molecule has 0 heterocycles. The molecule has 4 N–H and O–H groups in total. The second-order valence-corrected chi connectivity index (χ2v) is 5.33. The zero-order valence-electron chi connectivity index (χ0n) is 12.1. The van der Waals surface area contributed by atoms with Gasteiger partial charge in [0.15, 0.2) is 0 Å². The highest BCUT2D eigenvalue weighted by atomic mass is 19.4. The van der Waals surface area contributed by atoms with Crippen LogP contribution in [0.2, 0.25) is 0 Å². The first kappa shape index (κ1) is 17.9. The van der Waals surface area contributed by atoms with Crippen LogP contribution in [0.5, 0.6) is 0 Å². The van der Waals surface area contributed by atoms with Gasteiger partial charge in [0.2, 0.25) is 0 Å². The Balaban J connectivity index is 2.83. The van der Waals surface area contributed by atoms with E-state index in [-0.39, 0.29) is 0 Å². The van der Waals surface area contributed by atoms with Crippen LogP contribution in [0.25, 0.3) is 0 Å². The Morgan fingerprint density at radius 3 is 1.12 bits per heavy atom. The molecule has 0 unspecified atom stereocenters. The molecule has 24 heavy (non-hydrogen) atoms. The minimum atomic E-state index is -5.13. The predicted molar refractivity (Wildman–Crippen MR) is 74.0 cm³/mol. The summed E-state index contributed by atoms with van der Waals surface area (Å²) in [5, 5.41) is 0. The lowest BCUT2D eigenvalue weighted by molar-refractivity contribution is -0.173. The van der Waals surface area contributed by atoms with E-state index in [4.69, 9.17) is 11.5 Å². The lowest BCUT2D eigenvalue weighted by Gasteiger charge is -2.33. The summed E-state index contributed by atoms with van der Waals surface area (Å²) in [6.07, 6.45) is -5.13. The molecule has 0 radical (unpaired) electrons. The lowest BCUT2D eigenvalue weighted by Crippen LogP contribution is -2.41. The molecule has 9 heteroatoms. The van der Waals surface area contributed by atoms with Crippen LogP contribution >= 0.6 is 0 Å². The molecule has 0 aliphatic heterocycles. The third-order valence-corrected chi connectivity index (χ3v) is 3.88. The van der Waals surface area contributed by atoms with E-state index in [2.05, 4.69) is 0 Å². The van der Waals surface area contributed by atoms with Gasteiger partial charge in [-0.1, -0.05) is 0 Å². The maximum atomic E-state index is 13.7. The van der Waals surface area contributed by atoms with Crippen molar-refractivity contribution in [3.05, 3.63) is 58.7 Å². The van der Waals surface area contributed by atoms with E-state index in [0.717, 1.165) is 0 Å². The summed E-state index contributed by atoms with van der Waals surface area (Å²) in [7, 11) is 0. The summed E-state index contributed by atoms with van der Waals surface area (Å²) in [6, 6.07) is 1.49. The Hall–Kier alpha value is -2.45. The zero-order valence-corrected chi connectivity index (χ0v) is 12.1. The van der Waals surface area contributed by atoms with Gasteiger partial charge in [0.1, 0.15) is 40.1 Å². The van der Waals surface area contributed by atoms with Crippen LogP contribution in [0, 0.1) is 23.3 Å². The number of anilines is 2. The minimum Gasteiger partial charge on any atom is -0.394 e. The molecule has 0 atom stereocenters. The van der Waals surface area contributed by atoms with Crippen LogP contribution in [0.4, 0.5) is 42.1 Å². The Labute approximate surface area is 131 Å². The SMILES string of the molecule is CC(c1cc(F)c(N)c(F)c1)(c1cc(F)c(N)c(F)c1)C(F)(F)F. The van der Waals surface area contributed by atoms with Crippen molar-refractivity contribution >= 4 is 11.4 Å². The standard InChI is InChI=1S/C15H11F7N2/c1-14(15(20,21)22,6-2-8(16)12(23)9(17)3-6)7-4-10(18)13(24)11(19)5-7/h2-5H,23-24H2,1H3. The molecule has 2 nitrogen and oxygen atoms in total. The molecule has 0 saturated heterocycles. The maximum Gasteiger partial charge on any atom is 0.402 e. The molecule has 2 aromatic carbocycles. The summed E-state index contributed by atoms with van der Waals surface area (Å²) in [5.74, 6) is -5.68. The average molecular weight is 352 g/mol. The largest absolute Gasteiger partial charge is 0.402 e. The van der Waals surface area contributed by atoms with Crippen molar-refractivity contribution in [2.24, 2.45) is 0 Å². The van der Waals surface area contributed by atoms with Crippen LogP contribution in [0.3, 0.4) is 0 Å². The number of alkyl halides is 3. The topological polar surface area (TPSA) is 52.0 Å². The van der Waals surface area contributed by atoms with Gasteiger partial charge >= 0.3 is 6.18 Å². The molecule has 2 aromatic rings. The van der Waals surface area contributed by atoms with Crippen molar-refractivity contribution < 1.29 is 30.7 Å². The average Bonchev–Trinajstić information content (AvgIpc) is 2.47. The number of rotatable bonds is 2. The molecule has 0 fully saturated rings. The quantitative estimate of drug-likeness (QED) is 0.626. The van der Waals surface area contributed by atoms with E-state index in [1.807, 2.05) is 0 Å². The first-order valence-corrected chi connectivity index (χ1v) is 6.46. The van der Waals surface area contributed by atoms with Crippen molar-refractivity contribution in [3.63, 3.8) is 0 Å². The molecule has 0 aliphatic rings. The molecule has 2 rings (SSSR count). The second-order valence-electron chi connectivity index (χ2n) is 5.33. The number of nitrogen functional groups attached to an aromatic ring is 2. The van der Waals surface area contributed by atoms with Crippen molar-refractivity contribution in [3.8, 4) is 0 Å². The van der Waals surface area contributed by atoms with Gasteiger partial charge in [0.05, 0.1) is 0 Å². The van der Waals surface area contributed by atoms with Gasteiger partial charge in [-0.15, -0.1) is 0 Å². The molecule has 0 bridgehead atoms. The number of nitrogens with two attached hydrogens (primary N) is 2. The Morgan fingerprint density at radius 2 is 0.917 bits per heavy atom. The van der Waals surface area contributed by atoms with Gasteiger partial charge in [-0.25, -0.2) is 17.6 Å². The third-order valence-electron chi connectivity index (χ3n) is 3.88. The predicted octanol–water partition coefficient (Wildman–Crippen LogP) is 4.28. The maximum absolute atomic E-state index is 13.7. The van der Waals surface area contributed by atoms with Crippen LogP contribution in [0.1, 0.15) is 18.1 Å². The molecular weight excluding hydrogens is 341 g/mol. The summed E-state index contributed by atoms with van der Waals surface area (Å²) >= 11 is 0. The molecule has 0 saturated carbocycles. The number of halogens is 7. The van der Waals surface area contributed by atoms with E-state index in [1.165, 1.54) is 0 Å². The first-order valence-electron chi connectivity index (χ1n) is 6.46.